The number of amides is 2. The zero-order valence-corrected chi connectivity index (χ0v) is 21.7. The van der Waals surface area contributed by atoms with E-state index in [1.54, 1.807) is 36.4 Å². The van der Waals surface area contributed by atoms with E-state index < -0.39 is 23.7 Å². The van der Waals surface area contributed by atoms with Crippen molar-refractivity contribution in [2.45, 2.75) is 33.3 Å². The van der Waals surface area contributed by atoms with Crippen molar-refractivity contribution < 1.29 is 28.6 Å². The second-order valence-electron chi connectivity index (χ2n) is 7.52. The molecule has 1 aliphatic rings. The molecule has 0 saturated carbocycles. The molecule has 2 amide bonds. The van der Waals surface area contributed by atoms with E-state index in [-0.39, 0.29) is 18.1 Å². The minimum atomic E-state index is -0.607. The van der Waals surface area contributed by atoms with Gasteiger partial charge in [0.15, 0.2) is 11.5 Å². The van der Waals surface area contributed by atoms with Crippen LogP contribution in [0.2, 0.25) is 10.0 Å². The fraction of sp³-hybridized carbons (Fsp3) is 0.320. The van der Waals surface area contributed by atoms with E-state index in [9.17, 15) is 14.4 Å². The lowest BCUT2D eigenvalue weighted by Crippen LogP contribution is -2.34. The molecule has 0 spiro atoms. The van der Waals surface area contributed by atoms with Gasteiger partial charge in [-0.2, -0.15) is 0 Å². The Kier molecular flexibility index (Phi) is 9.89. The van der Waals surface area contributed by atoms with E-state index in [0.29, 0.717) is 33.7 Å². The molecular weight excluding hydrogens is 513 g/mol. The van der Waals surface area contributed by atoms with E-state index >= 15 is 0 Å². The zero-order chi connectivity index (χ0) is 25.4. The fourth-order valence-corrected chi connectivity index (χ4v) is 4.24. The molecule has 0 aromatic heterocycles. The second kappa shape index (κ2) is 12.9. The van der Waals surface area contributed by atoms with Gasteiger partial charge in [-0.25, -0.2) is 0 Å². The number of carbonyl (C=O) groups excluding carboxylic acids is 3. The lowest BCUT2D eigenvalue weighted by Gasteiger charge is -2.13. The highest BCUT2D eigenvalue weighted by molar-refractivity contribution is 8.18. The molecule has 3 rings (SSSR count). The van der Waals surface area contributed by atoms with Crippen LogP contribution in [-0.4, -0.2) is 41.8 Å². The van der Waals surface area contributed by atoms with Gasteiger partial charge in [-0.1, -0.05) is 48.7 Å². The number of hydrogen-bond donors (Lipinski definition) is 0. The molecule has 2 aromatic carbocycles. The van der Waals surface area contributed by atoms with Gasteiger partial charge in [-0.15, -0.1) is 0 Å². The summed E-state index contributed by atoms with van der Waals surface area (Å²) < 4.78 is 16.7. The smallest absolute Gasteiger partial charge is 0.326 e. The van der Waals surface area contributed by atoms with Gasteiger partial charge >= 0.3 is 5.97 Å². The van der Waals surface area contributed by atoms with Crippen LogP contribution in [0.15, 0.2) is 41.3 Å². The van der Waals surface area contributed by atoms with Gasteiger partial charge in [0.05, 0.1) is 28.2 Å². The topological polar surface area (TPSA) is 82.1 Å². The molecule has 0 bridgehead atoms. The van der Waals surface area contributed by atoms with Crippen molar-refractivity contribution in [2.24, 2.45) is 0 Å². The fourth-order valence-electron chi connectivity index (χ4n) is 3.09. The van der Waals surface area contributed by atoms with Crippen molar-refractivity contribution in [1.82, 2.24) is 4.90 Å². The van der Waals surface area contributed by atoms with Gasteiger partial charge < -0.3 is 14.2 Å². The van der Waals surface area contributed by atoms with Gasteiger partial charge in [0, 0.05) is 0 Å². The lowest BCUT2D eigenvalue weighted by molar-refractivity contribution is -0.146. The third-order valence-electron chi connectivity index (χ3n) is 4.87. The summed E-state index contributed by atoms with van der Waals surface area (Å²) in [6.45, 7) is 4.34. The molecule has 1 aliphatic heterocycles. The summed E-state index contributed by atoms with van der Waals surface area (Å²) >= 11 is 12.8. The summed E-state index contributed by atoms with van der Waals surface area (Å²) in [7, 11) is 0. The van der Waals surface area contributed by atoms with Crippen LogP contribution in [0.5, 0.6) is 11.5 Å². The molecule has 1 saturated heterocycles. The molecule has 35 heavy (non-hydrogen) atoms. The molecule has 1 heterocycles. The maximum Gasteiger partial charge on any atom is 0.326 e. The minimum Gasteiger partial charge on any atom is -0.490 e. The Morgan fingerprint density at radius 2 is 1.83 bits per heavy atom. The summed E-state index contributed by atoms with van der Waals surface area (Å²) in [5.74, 6) is -0.146. The number of esters is 1. The number of halogens is 2. The van der Waals surface area contributed by atoms with Crippen LogP contribution in [0, 0.1) is 0 Å². The van der Waals surface area contributed by atoms with Crippen LogP contribution in [0.4, 0.5) is 4.79 Å². The van der Waals surface area contributed by atoms with E-state index in [0.717, 1.165) is 35.1 Å². The van der Waals surface area contributed by atoms with Crippen LogP contribution >= 0.6 is 35.0 Å². The third-order valence-corrected chi connectivity index (χ3v) is 6.51. The van der Waals surface area contributed by atoms with Gasteiger partial charge in [0.1, 0.15) is 13.2 Å². The molecule has 0 radical (unpaired) electrons. The quantitative estimate of drug-likeness (QED) is 0.187. The highest BCUT2D eigenvalue weighted by Crippen LogP contribution is 2.35. The molecule has 0 unspecified atom stereocenters. The molecule has 10 heteroatoms. The Labute approximate surface area is 218 Å². The first-order chi connectivity index (χ1) is 16.8. The minimum absolute atomic E-state index is 0.211. The number of rotatable bonds is 11. The lowest BCUT2D eigenvalue weighted by atomic mass is 10.1. The summed E-state index contributed by atoms with van der Waals surface area (Å²) in [6.07, 6.45) is 3.18. The Morgan fingerprint density at radius 3 is 2.54 bits per heavy atom. The molecule has 0 aliphatic carbocycles. The van der Waals surface area contributed by atoms with E-state index in [1.807, 2.05) is 19.9 Å². The van der Waals surface area contributed by atoms with Crippen molar-refractivity contribution in [3.63, 3.8) is 0 Å². The van der Waals surface area contributed by atoms with Crippen LogP contribution < -0.4 is 9.47 Å². The van der Waals surface area contributed by atoms with Crippen molar-refractivity contribution in [1.29, 1.82) is 0 Å². The van der Waals surface area contributed by atoms with E-state index in [4.69, 9.17) is 37.4 Å². The number of unbranched alkanes of at least 4 members (excludes halogenated alkanes) is 1. The molecule has 0 atom stereocenters. The average molecular weight is 538 g/mol. The predicted octanol–water partition coefficient (Wildman–Crippen LogP) is 6.35. The summed E-state index contributed by atoms with van der Waals surface area (Å²) in [5, 5.41) is 0.393. The van der Waals surface area contributed by atoms with Crippen molar-refractivity contribution in [3.8, 4) is 11.5 Å². The third kappa shape index (κ3) is 7.40. The summed E-state index contributed by atoms with van der Waals surface area (Å²) in [6, 6.07) is 10.4. The number of hydrogen-bond acceptors (Lipinski definition) is 7. The van der Waals surface area contributed by atoms with Crippen LogP contribution in [-0.2, 0) is 20.9 Å². The van der Waals surface area contributed by atoms with Gasteiger partial charge in [-0.05, 0) is 66.6 Å². The Bertz CT molecular complexity index is 1140. The van der Waals surface area contributed by atoms with Crippen molar-refractivity contribution >= 4 is 58.2 Å². The van der Waals surface area contributed by atoms with Crippen LogP contribution in [0.1, 0.15) is 37.8 Å². The van der Waals surface area contributed by atoms with E-state index in [1.165, 1.54) is 0 Å². The number of benzene rings is 2. The molecule has 7 nitrogen and oxygen atoms in total. The number of nitrogens with zero attached hydrogens (tertiary/aromatic N) is 1. The second-order valence-corrected chi connectivity index (χ2v) is 9.33. The first kappa shape index (κ1) is 26.9. The summed E-state index contributed by atoms with van der Waals surface area (Å²) in [4.78, 5) is 38.0. The van der Waals surface area contributed by atoms with Crippen molar-refractivity contribution in [2.75, 3.05) is 19.8 Å². The Morgan fingerprint density at radius 1 is 1.03 bits per heavy atom. The maximum atomic E-state index is 12.7. The van der Waals surface area contributed by atoms with Gasteiger partial charge in [0.2, 0.25) is 0 Å². The molecule has 2 aromatic rings. The highest BCUT2D eigenvalue weighted by Gasteiger charge is 2.36. The van der Waals surface area contributed by atoms with Crippen molar-refractivity contribution in [3.05, 3.63) is 62.5 Å². The summed E-state index contributed by atoms with van der Waals surface area (Å²) in [5.41, 5.74) is 1.49. The van der Waals surface area contributed by atoms with Gasteiger partial charge in [-0.3, -0.25) is 19.3 Å². The average Bonchev–Trinajstić information content (AvgIpc) is 3.08. The monoisotopic (exact) mass is 537 g/mol. The van der Waals surface area contributed by atoms with Crippen LogP contribution in [0.3, 0.4) is 0 Å². The Hall–Kier alpha value is -2.68. The SMILES string of the molecule is CCCCOC(=O)CN1C(=O)S/C(=C/c2ccc(OCc3ccc(Cl)c(Cl)c3)c(OCC)c2)C1=O. The van der Waals surface area contributed by atoms with E-state index in [2.05, 4.69) is 0 Å². The predicted molar refractivity (Wildman–Crippen MR) is 137 cm³/mol. The molecule has 0 N–H and O–H groups in total. The van der Waals surface area contributed by atoms with Gasteiger partial charge in [0.25, 0.3) is 11.1 Å². The first-order valence-corrected chi connectivity index (χ1v) is 12.6. The highest BCUT2D eigenvalue weighted by atomic mass is 35.5. The number of imide groups is 1. The number of thioether (sulfide) groups is 1. The molecule has 186 valence electrons. The van der Waals surface area contributed by atoms with Crippen LogP contribution in [0.25, 0.3) is 6.08 Å². The largest absolute Gasteiger partial charge is 0.490 e. The normalized spacial score (nSPS) is 14.5. The molecular formula is C25H25Cl2NO6S. The molecule has 1 fully saturated rings. The first-order valence-electron chi connectivity index (χ1n) is 11.1. The standard InChI is InChI=1S/C25H25Cl2NO6S/c1-3-5-10-33-23(29)14-28-24(30)22(35-25(28)31)13-16-7-9-20(21(12-16)32-4-2)34-15-17-6-8-18(26)19(27)11-17/h6-9,11-13H,3-5,10,14-15H2,1-2H3/b22-13+. The number of ether oxygens (including phenoxy) is 3. The number of carbonyl (C=O) groups is 3. The Balaban J connectivity index is 1.71. The zero-order valence-electron chi connectivity index (χ0n) is 19.3. The maximum absolute atomic E-state index is 12.7.